The van der Waals surface area contributed by atoms with E-state index >= 15 is 0 Å². The number of carboxylic acid groups (broad SMARTS) is 1. The number of rotatable bonds is 5. The number of carbonyl (C=O) groups excluding carboxylic acids is 1. The van der Waals surface area contributed by atoms with Crippen LogP contribution in [0.25, 0.3) is 10.9 Å². The van der Waals surface area contributed by atoms with E-state index in [2.05, 4.69) is 20.3 Å². The van der Waals surface area contributed by atoms with E-state index in [1.807, 2.05) is 0 Å². The van der Waals surface area contributed by atoms with Gasteiger partial charge in [0, 0.05) is 24.2 Å². The Morgan fingerprint density at radius 1 is 1.16 bits per heavy atom. The van der Waals surface area contributed by atoms with Crippen molar-refractivity contribution in [3.05, 3.63) is 66.1 Å². The Balaban J connectivity index is 1.78. The molecule has 7 nitrogen and oxygen atoms in total. The molecule has 8 heteroatoms. The van der Waals surface area contributed by atoms with Crippen molar-refractivity contribution in [1.29, 1.82) is 0 Å². The SMILES string of the molecule is O=C(NC(Cc1cncc(F)c1)C(=O)O)c1ccc2ccncc2n1. The summed E-state index contributed by atoms with van der Waals surface area (Å²) in [5.74, 6) is -2.45. The van der Waals surface area contributed by atoms with Crippen LogP contribution in [0.4, 0.5) is 4.39 Å². The highest BCUT2D eigenvalue weighted by molar-refractivity contribution is 5.96. The van der Waals surface area contributed by atoms with Crippen LogP contribution in [-0.4, -0.2) is 38.0 Å². The van der Waals surface area contributed by atoms with Gasteiger partial charge in [0.2, 0.25) is 0 Å². The van der Waals surface area contributed by atoms with E-state index in [-0.39, 0.29) is 12.1 Å². The lowest BCUT2D eigenvalue weighted by molar-refractivity contribution is -0.139. The Labute approximate surface area is 141 Å². The standard InChI is InChI=1S/C17H13FN4O3/c18-12-5-10(7-20-8-12)6-14(17(24)25)22-16(23)13-2-1-11-3-4-19-9-15(11)21-13/h1-5,7-9,14H,6H2,(H,22,23)(H,24,25). The van der Waals surface area contributed by atoms with Crippen LogP contribution in [0.5, 0.6) is 0 Å². The zero-order valence-corrected chi connectivity index (χ0v) is 12.9. The van der Waals surface area contributed by atoms with E-state index < -0.39 is 23.7 Å². The van der Waals surface area contributed by atoms with Crippen LogP contribution < -0.4 is 5.32 Å². The number of amides is 1. The van der Waals surface area contributed by atoms with Crippen LogP contribution in [0, 0.1) is 5.82 Å². The predicted molar refractivity (Wildman–Crippen MR) is 86.3 cm³/mol. The average molecular weight is 340 g/mol. The van der Waals surface area contributed by atoms with E-state index in [1.54, 1.807) is 18.3 Å². The second-order valence-corrected chi connectivity index (χ2v) is 5.34. The summed E-state index contributed by atoms with van der Waals surface area (Å²) < 4.78 is 13.2. The van der Waals surface area contributed by atoms with Gasteiger partial charge in [-0.25, -0.2) is 14.2 Å². The summed E-state index contributed by atoms with van der Waals surface area (Å²) >= 11 is 0. The Morgan fingerprint density at radius 2 is 2.00 bits per heavy atom. The molecule has 3 aromatic heterocycles. The van der Waals surface area contributed by atoms with Crippen LogP contribution in [0.3, 0.4) is 0 Å². The highest BCUT2D eigenvalue weighted by atomic mass is 19.1. The number of aliphatic carboxylic acids is 1. The molecule has 2 N–H and O–H groups in total. The van der Waals surface area contributed by atoms with Crippen LogP contribution in [0.2, 0.25) is 0 Å². The Hall–Kier alpha value is -3.42. The smallest absolute Gasteiger partial charge is 0.326 e. The fraction of sp³-hybridized carbons (Fsp3) is 0.118. The Morgan fingerprint density at radius 3 is 2.76 bits per heavy atom. The molecule has 3 heterocycles. The van der Waals surface area contributed by atoms with Gasteiger partial charge in [-0.15, -0.1) is 0 Å². The van der Waals surface area contributed by atoms with E-state index in [4.69, 9.17) is 0 Å². The van der Waals surface area contributed by atoms with E-state index in [0.29, 0.717) is 11.1 Å². The summed E-state index contributed by atoms with van der Waals surface area (Å²) in [7, 11) is 0. The minimum atomic E-state index is -1.24. The molecular formula is C17H13FN4O3. The predicted octanol–water partition coefficient (Wildman–Crippen LogP) is 1.59. The van der Waals surface area contributed by atoms with Gasteiger partial charge in [-0.2, -0.15) is 0 Å². The number of aromatic nitrogens is 3. The summed E-state index contributed by atoms with van der Waals surface area (Å²) in [6.45, 7) is 0. The molecule has 25 heavy (non-hydrogen) atoms. The summed E-state index contributed by atoms with van der Waals surface area (Å²) in [4.78, 5) is 35.5. The van der Waals surface area contributed by atoms with Crippen molar-refractivity contribution < 1.29 is 19.1 Å². The minimum Gasteiger partial charge on any atom is -0.480 e. The van der Waals surface area contributed by atoms with Crippen LogP contribution in [-0.2, 0) is 11.2 Å². The first-order valence-corrected chi connectivity index (χ1v) is 7.37. The highest BCUT2D eigenvalue weighted by Crippen LogP contribution is 2.11. The number of fused-ring (bicyclic) bond motifs is 1. The first-order chi connectivity index (χ1) is 12.0. The molecule has 126 valence electrons. The van der Waals surface area contributed by atoms with Crippen LogP contribution in [0.15, 0.2) is 49.1 Å². The van der Waals surface area contributed by atoms with E-state index in [9.17, 15) is 19.1 Å². The lowest BCUT2D eigenvalue weighted by atomic mass is 10.1. The zero-order chi connectivity index (χ0) is 17.8. The second-order valence-electron chi connectivity index (χ2n) is 5.34. The third-order valence-corrected chi connectivity index (χ3v) is 3.53. The van der Waals surface area contributed by atoms with Gasteiger partial charge in [0.1, 0.15) is 17.6 Å². The zero-order valence-electron chi connectivity index (χ0n) is 12.9. The summed E-state index contributed by atoms with van der Waals surface area (Å²) in [6.07, 6.45) is 5.40. The molecule has 0 saturated heterocycles. The molecule has 0 radical (unpaired) electrons. The minimum absolute atomic E-state index is 0.0733. The molecule has 0 aliphatic rings. The maximum atomic E-state index is 13.2. The largest absolute Gasteiger partial charge is 0.480 e. The lowest BCUT2D eigenvalue weighted by Crippen LogP contribution is -2.42. The second kappa shape index (κ2) is 7.00. The molecular weight excluding hydrogens is 327 g/mol. The Kier molecular flexibility index (Phi) is 4.60. The maximum Gasteiger partial charge on any atom is 0.326 e. The third-order valence-electron chi connectivity index (χ3n) is 3.53. The summed E-state index contributed by atoms with van der Waals surface area (Å²) in [6, 6.07) is 4.89. The first-order valence-electron chi connectivity index (χ1n) is 7.37. The Bertz CT molecular complexity index is 948. The number of halogens is 1. The fourth-order valence-electron chi connectivity index (χ4n) is 2.33. The number of carbonyl (C=O) groups is 2. The number of hydrogen-bond donors (Lipinski definition) is 2. The monoisotopic (exact) mass is 340 g/mol. The van der Waals surface area contributed by atoms with E-state index in [0.717, 1.165) is 11.6 Å². The fourth-order valence-corrected chi connectivity index (χ4v) is 2.33. The molecule has 0 aliphatic carbocycles. The van der Waals surface area contributed by atoms with Gasteiger partial charge in [0.15, 0.2) is 0 Å². The van der Waals surface area contributed by atoms with Gasteiger partial charge in [-0.3, -0.25) is 14.8 Å². The van der Waals surface area contributed by atoms with Crippen molar-refractivity contribution in [3.8, 4) is 0 Å². The maximum absolute atomic E-state index is 13.2. The molecule has 0 bridgehead atoms. The molecule has 0 fully saturated rings. The molecule has 1 unspecified atom stereocenters. The highest BCUT2D eigenvalue weighted by Gasteiger charge is 2.22. The number of hydrogen-bond acceptors (Lipinski definition) is 5. The van der Waals surface area contributed by atoms with Gasteiger partial charge >= 0.3 is 5.97 Å². The van der Waals surface area contributed by atoms with Gasteiger partial charge in [-0.1, -0.05) is 6.07 Å². The molecule has 3 aromatic rings. The normalized spacial score (nSPS) is 11.9. The molecule has 0 spiro atoms. The number of carboxylic acids is 1. The number of nitrogens with one attached hydrogen (secondary N) is 1. The lowest BCUT2D eigenvalue weighted by Gasteiger charge is -2.14. The van der Waals surface area contributed by atoms with Crippen molar-refractivity contribution in [2.75, 3.05) is 0 Å². The van der Waals surface area contributed by atoms with Gasteiger partial charge in [0.05, 0.1) is 17.9 Å². The van der Waals surface area contributed by atoms with E-state index in [1.165, 1.54) is 24.5 Å². The summed E-state index contributed by atoms with van der Waals surface area (Å²) in [5, 5.41) is 12.5. The average Bonchev–Trinajstić information content (AvgIpc) is 2.60. The molecule has 1 amide bonds. The third kappa shape index (κ3) is 3.92. The molecule has 0 saturated carbocycles. The van der Waals surface area contributed by atoms with Crippen LogP contribution >= 0.6 is 0 Å². The number of pyridine rings is 3. The molecule has 3 rings (SSSR count). The molecule has 0 aromatic carbocycles. The summed E-state index contributed by atoms with van der Waals surface area (Å²) in [5.41, 5.74) is 0.962. The first kappa shape index (κ1) is 16.4. The number of nitrogens with zero attached hydrogens (tertiary/aromatic N) is 3. The van der Waals surface area contributed by atoms with Crippen LogP contribution in [0.1, 0.15) is 16.1 Å². The van der Waals surface area contributed by atoms with Gasteiger partial charge in [0.25, 0.3) is 5.91 Å². The van der Waals surface area contributed by atoms with Crippen molar-refractivity contribution >= 4 is 22.8 Å². The van der Waals surface area contributed by atoms with Gasteiger partial charge in [-0.05, 0) is 23.8 Å². The quantitative estimate of drug-likeness (QED) is 0.731. The van der Waals surface area contributed by atoms with Crippen molar-refractivity contribution in [1.82, 2.24) is 20.3 Å². The molecule has 1 atom stereocenters. The topological polar surface area (TPSA) is 105 Å². The van der Waals surface area contributed by atoms with Crippen molar-refractivity contribution in [2.24, 2.45) is 0 Å². The van der Waals surface area contributed by atoms with Crippen molar-refractivity contribution in [3.63, 3.8) is 0 Å². The molecule has 0 aliphatic heterocycles. The van der Waals surface area contributed by atoms with Gasteiger partial charge < -0.3 is 10.4 Å². The van der Waals surface area contributed by atoms with Crippen molar-refractivity contribution in [2.45, 2.75) is 12.5 Å².